The molecule has 1 nitrogen and oxygen atoms in total. The van der Waals surface area contributed by atoms with Crippen LogP contribution in [0.4, 0.5) is 0 Å². The fraction of sp³-hybridized carbons (Fsp3) is 0.667. The first kappa shape index (κ1) is 17.1. The molecule has 1 N–H and O–H groups in total. The van der Waals surface area contributed by atoms with Gasteiger partial charge in [0, 0.05) is 11.0 Å². The van der Waals surface area contributed by atoms with Crippen LogP contribution < -0.4 is 0 Å². The lowest BCUT2D eigenvalue weighted by atomic mass is 9.65. The summed E-state index contributed by atoms with van der Waals surface area (Å²) in [6.45, 7) is 8.65. The van der Waals surface area contributed by atoms with Gasteiger partial charge in [0.05, 0.1) is 15.6 Å². The molecule has 0 bridgehead atoms. The molecule has 0 amide bonds. The second-order valence-corrected chi connectivity index (χ2v) is 7.78. The first-order chi connectivity index (χ1) is 9.79. The molecule has 1 aliphatic carbocycles. The third-order valence-corrected chi connectivity index (χ3v) is 5.90. The molecule has 1 atom stereocenters. The molecule has 0 saturated heterocycles. The van der Waals surface area contributed by atoms with Crippen molar-refractivity contribution < 1.29 is 5.11 Å². The molecule has 0 saturated carbocycles. The minimum Gasteiger partial charge on any atom is -0.384 e. The van der Waals surface area contributed by atoms with Crippen molar-refractivity contribution in [3.63, 3.8) is 0 Å². The Morgan fingerprint density at radius 1 is 1.14 bits per heavy atom. The molecular weight excluding hydrogens is 303 g/mol. The van der Waals surface area contributed by atoms with Crippen LogP contribution in [0.25, 0.3) is 0 Å². The summed E-state index contributed by atoms with van der Waals surface area (Å²) in [7, 11) is 0. The topological polar surface area (TPSA) is 20.2 Å². The van der Waals surface area contributed by atoms with Crippen LogP contribution in [0.2, 0.25) is 10.0 Å². The van der Waals surface area contributed by atoms with E-state index in [0.29, 0.717) is 10.0 Å². The Kier molecular flexibility index (Phi) is 4.97. The van der Waals surface area contributed by atoms with Gasteiger partial charge >= 0.3 is 0 Å². The number of hydrogen-bond donors (Lipinski definition) is 1. The Balaban J connectivity index is 2.62. The minimum atomic E-state index is -0.893. The largest absolute Gasteiger partial charge is 0.384 e. The molecule has 0 heterocycles. The van der Waals surface area contributed by atoms with E-state index in [4.69, 9.17) is 23.2 Å². The number of halogens is 2. The maximum atomic E-state index is 11.8. The highest BCUT2D eigenvalue weighted by Crippen LogP contribution is 2.58. The van der Waals surface area contributed by atoms with Crippen LogP contribution in [0.5, 0.6) is 0 Å². The highest BCUT2D eigenvalue weighted by atomic mass is 35.5. The van der Waals surface area contributed by atoms with Gasteiger partial charge in [0.25, 0.3) is 0 Å². The predicted molar refractivity (Wildman–Crippen MR) is 91.1 cm³/mol. The van der Waals surface area contributed by atoms with Crippen molar-refractivity contribution in [3.05, 3.63) is 33.3 Å². The quantitative estimate of drug-likeness (QED) is 0.704. The third kappa shape index (κ3) is 2.62. The Hall–Kier alpha value is -0.240. The van der Waals surface area contributed by atoms with Gasteiger partial charge in [-0.3, -0.25) is 0 Å². The maximum absolute atomic E-state index is 11.8. The molecular formula is C18H26Cl2O. The predicted octanol–water partition coefficient (Wildman–Crippen LogP) is 5.98. The Bertz CT molecular complexity index is 518. The van der Waals surface area contributed by atoms with Crippen LogP contribution in [0.1, 0.15) is 64.5 Å². The van der Waals surface area contributed by atoms with Crippen molar-refractivity contribution in [2.45, 2.75) is 65.4 Å². The number of rotatable bonds is 5. The van der Waals surface area contributed by atoms with Crippen molar-refractivity contribution in [1.29, 1.82) is 0 Å². The van der Waals surface area contributed by atoms with E-state index < -0.39 is 5.60 Å². The summed E-state index contributed by atoms with van der Waals surface area (Å²) < 4.78 is 0. The van der Waals surface area contributed by atoms with Crippen molar-refractivity contribution >= 4 is 23.2 Å². The van der Waals surface area contributed by atoms with Crippen molar-refractivity contribution in [1.82, 2.24) is 0 Å². The van der Waals surface area contributed by atoms with Crippen molar-refractivity contribution in [2.75, 3.05) is 0 Å². The van der Waals surface area contributed by atoms with Gasteiger partial charge < -0.3 is 5.11 Å². The summed E-state index contributed by atoms with van der Waals surface area (Å²) in [5.74, 6) is 0.222. The van der Waals surface area contributed by atoms with E-state index in [0.717, 1.165) is 43.2 Å². The Morgan fingerprint density at radius 2 is 1.71 bits per heavy atom. The average molecular weight is 329 g/mol. The van der Waals surface area contributed by atoms with Gasteiger partial charge in [-0.05, 0) is 36.8 Å². The normalized spacial score (nSPS) is 23.6. The van der Waals surface area contributed by atoms with Gasteiger partial charge in [0.15, 0.2) is 0 Å². The van der Waals surface area contributed by atoms with E-state index in [2.05, 4.69) is 27.7 Å². The van der Waals surface area contributed by atoms with E-state index in [9.17, 15) is 5.11 Å². The molecule has 0 aromatic heterocycles. The molecule has 1 aliphatic rings. The molecule has 1 aromatic carbocycles. The van der Waals surface area contributed by atoms with E-state index in [1.54, 1.807) is 0 Å². The van der Waals surface area contributed by atoms with Crippen LogP contribution in [-0.2, 0) is 12.0 Å². The average Bonchev–Trinajstić information content (AvgIpc) is 2.62. The number of aliphatic hydroxyl groups is 1. The van der Waals surface area contributed by atoms with Gasteiger partial charge in [-0.2, -0.15) is 0 Å². The molecule has 0 aliphatic heterocycles. The van der Waals surface area contributed by atoms with Crippen molar-refractivity contribution in [3.8, 4) is 0 Å². The van der Waals surface area contributed by atoms with Gasteiger partial charge in [0.2, 0.25) is 0 Å². The van der Waals surface area contributed by atoms with Gasteiger partial charge in [0.1, 0.15) is 0 Å². The third-order valence-electron chi connectivity index (χ3n) is 5.09. The maximum Gasteiger partial charge on any atom is 0.0995 e. The number of benzene rings is 1. The van der Waals surface area contributed by atoms with Gasteiger partial charge in [-0.15, -0.1) is 0 Å². The molecule has 0 fully saturated rings. The van der Waals surface area contributed by atoms with Crippen LogP contribution >= 0.6 is 23.2 Å². The molecule has 21 heavy (non-hydrogen) atoms. The molecule has 3 heteroatoms. The molecule has 2 rings (SSSR count). The monoisotopic (exact) mass is 328 g/mol. The lowest BCUT2D eigenvalue weighted by Crippen LogP contribution is -2.45. The summed E-state index contributed by atoms with van der Waals surface area (Å²) in [5, 5.41) is 12.8. The zero-order valence-electron chi connectivity index (χ0n) is 13.5. The molecule has 0 radical (unpaired) electrons. The van der Waals surface area contributed by atoms with Crippen LogP contribution in [0, 0.1) is 11.3 Å². The summed E-state index contributed by atoms with van der Waals surface area (Å²) in [5.41, 5.74) is 0.914. The van der Waals surface area contributed by atoms with Crippen molar-refractivity contribution in [2.24, 2.45) is 11.3 Å². The molecule has 1 unspecified atom stereocenters. The zero-order valence-corrected chi connectivity index (χ0v) is 15.0. The molecule has 118 valence electrons. The highest BCUT2D eigenvalue weighted by Gasteiger charge is 2.56. The lowest BCUT2D eigenvalue weighted by molar-refractivity contribution is -0.113. The Labute approximate surface area is 138 Å². The smallest absolute Gasteiger partial charge is 0.0995 e. The summed E-state index contributed by atoms with van der Waals surface area (Å²) in [6.07, 6.45) is 5.00. The lowest BCUT2D eigenvalue weighted by Gasteiger charge is -2.44. The van der Waals surface area contributed by atoms with E-state index in [1.807, 2.05) is 12.1 Å². The van der Waals surface area contributed by atoms with Gasteiger partial charge in [-0.1, -0.05) is 69.8 Å². The SMILES string of the molecule is CCCC(CCC)C1(O)c2c(ccc(Cl)c2Cl)CC1(C)C. The fourth-order valence-electron chi connectivity index (χ4n) is 4.12. The number of fused-ring (bicyclic) bond motifs is 1. The highest BCUT2D eigenvalue weighted by molar-refractivity contribution is 6.42. The van der Waals surface area contributed by atoms with Crippen LogP contribution in [0.3, 0.4) is 0 Å². The number of hydrogen-bond acceptors (Lipinski definition) is 1. The standard InChI is InChI=1S/C18H26Cl2O/c1-5-7-13(8-6-2)18(21)15-12(11-17(18,3)4)9-10-14(19)16(15)20/h9-10,13,21H,5-8,11H2,1-4H3. The van der Waals surface area contributed by atoms with E-state index in [-0.39, 0.29) is 11.3 Å². The first-order valence-corrected chi connectivity index (χ1v) is 8.74. The summed E-state index contributed by atoms with van der Waals surface area (Å²) in [4.78, 5) is 0. The second kappa shape index (κ2) is 6.10. The molecule has 0 spiro atoms. The summed E-state index contributed by atoms with van der Waals surface area (Å²) >= 11 is 12.7. The van der Waals surface area contributed by atoms with Crippen LogP contribution in [-0.4, -0.2) is 5.11 Å². The van der Waals surface area contributed by atoms with E-state index >= 15 is 0 Å². The fourth-order valence-corrected chi connectivity index (χ4v) is 4.60. The van der Waals surface area contributed by atoms with Gasteiger partial charge in [-0.25, -0.2) is 0 Å². The Morgan fingerprint density at radius 3 is 2.24 bits per heavy atom. The second-order valence-electron chi connectivity index (χ2n) is 7.00. The molecule has 1 aromatic rings. The minimum absolute atomic E-state index is 0.222. The zero-order chi connectivity index (χ0) is 15.8. The first-order valence-electron chi connectivity index (χ1n) is 7.99. The summed E-state index contributed by atoms with van der Waals surface area (Å²) in [6, 6.07) is 3.87. The van der Waals surface area contributed by atoms with Crippen LogP contribution in [0.15, 0.2) is 12.1 Å². The van der Waals surface area contributed by atoms with E-state index in [1.165, 1.54) is 0 Å².